The Balaban J connectivity index is 1.67. The van der Waals surface area contributed by atoms with Gasteiger partial charge in [0.25, 0.3) is 0 Å². The molecule has 0 aliphatic heterocycles. The van der Waals surface area contributed by atoms with Crippen LogP contribution in [0.3, 0.4) is 0 Å². The molecule has 0 bridgehead atoms. The first-order valence-electron chi connectivity index (χ1n) is 8.64. The smallest absolute Gasteiger partial charge is 0.227 e. The fourth-order valence-corrected chi connectivity index (χ4v) is 2.84. The maximum atomic E-state index is 12.7. The Morgan fingerprint density at radius 1 is 1.11 bits per heavy atom. The van der Waals surface area contributed by atoms with Gasteiger partial charge in [-0.05, 0) is 30.3 Å². The number of carbonyl (C=O) groups excluding carboxylic acids is 1. The second-order valence-electron chi connectivity index (χ2n) is 6.23. The molecule has 0 N–H and O–H groups in total. The van der Waals surface area contributed by atoms with Crippen molar-refractivity contribution in [2.45, 2.75) is 13.0 Å². The predicted molar refractivity (Wildman–Crippen MR) is 103 cm³/mol. The third-order valence-electron chi connectivity index (χ3n) is 4.33. The van der Waals surface area contributed by atoms with Crippen molar-refractivity contribution in [3.63, 3.8) is 0 Å². The summed E-state index contributed by atoms with van der Waals surface area (Å²) in [5.74, 6) is 1.37. The van der Waals surface area contributed by atoms with Crippen LogP contribution >= 0.6 is 0 Å². The van der Waals surface area contributed by atoms with E-state index in [2.05, 4.69) is 5.10 Å². The number of amides is 1. The fourth-order valence-electron chi connectivity index (χ4n) is 2.84. The first-order chi connectivity index (χ1) is 13.1. The highest BCUT2D eigenvalue weighted by Crippen LogP contribution is 2.25. The Labute approximate surface area is 158 Å². The van der Waals surface area contributed by atoms with E-state index >= 15 is 0 Å². The summed E-state index contributed by atoms with van der Waals surface area (Å²) in [5, 5.41) is 4.38. The minimum atomic E-state index is -0.00554. The summed E-state index contributed by atoms with van der Waals surface area (Å²) in [5.41, 5.74) is 2.75. The van der Waals surface area contributed by atoms with Crippen LogP contribution in [-0.2, 0) is 17.8 Å². The molecule has 0 aliphatic rings. The normalized spacial score (nSPS) is 10.5. The summed E-state index contributed by atoms with van der Waals surface area (Å²) in [6.45, 7) is 0.484. The average molecular weight is 365 g/mol. The van der Waals surface area contributed by atoms with Crippen LogP contribution in [-0.4, -0.2) is 41.9 Å². The van der Waals surface area contributed by atoms with Crippen molar-refractivity contribution in [3.8, 4) is 17.2 Å². The zero-order valence-electron chi connectivity index (χ0n) is 15.8. The lowest BCUT2D eigenvalue weighted by atomic mass is 10.1. The maximum Gasteiger partial charge on any atom is 0.227 e. The molecule has 1 aromatic heterocycles. The maximum absolute atomic E-state index is 12.7. The average Bonchev–Trinajstić information content (AvgIpc) is 3.17. The van der Waals surface area contributed by atoms with Gasteiger partial charge in [0.1, 0.15) is 11.5 Å². The molecule has 0 aliphatic carbocycles. The molecule has 0 unspecified atom stereocenters. The quantitative estimate of drug-likeness (QED) is 0.646. The van der Waals surface area contributed by atoms with Crippen molar-refractivity contribution in [2.24, 2.45) is 0 Å². The number of methoxy groups -OCH3 is 2. The molecule has 0 radical (unpaired) electrons. The van der Waals surface area contributed by atoms with Crippen molar-refractivity contribution in [2.75, 3.05) is 21.3 Å². The number of nitrogens with zero attached hydrogens (tertiary/aromatic N) is 3. The van der Waals surface area contributed by atoms with E-state index in [1.807, 2.05) is 54.7 Å². The van der Waals surface area contributed by atoms with E-state index in [9.17, 15) is 4.79 Å². The molecular weight excluding hydrogens is 342 g/mol. The van der Waals surface area contributed by atoms with Gasteiger partial charge in [-0.25, -0.2) is 4.68 Å². The summed E-state index contributed by atoms with van der Waals surface area (Å²) in [7, 11) is 4.98. The van der Waals surface area contributed by atoms with E-state index in [0.29, 0.717) is 18.0 Å². The molecule has 0 saturated heterocycles. The third-order valence-corrected chi connectivity index (χ3v) is 4.33. The molecule has 0 saturated carbocycles. The predicted octanol–water partition coefficient (Wildman–Crippen LogP) is 3.09. The molecule has 0 fully saturated rings. The molecule has 27 heavy (non-hydrogen) atoms. The molecular formula is C21H23N3O3. The number of hydrogen-bond donors (Lipinski definition) is 0. The van der Waals surface area contributed by atoms with Gasteiger partial charge in [0.05, 0.1) is 32.5 Å². The van der Waals surface area contributed by atoms with Crippen LogP contribution < -0.4 is 9.47 Å². The number of hydrogen-bond acceptors (Lipinski definition) is 4. The molecule has 3 aromatic rings. The number of aromatic nitrogens is 2. The van der Waals surface area contributed by atoms with Crippen LogP contribution in [0.15, 0.2) is 60.9 Å². The van der Waals surface area contributed by atoms with Gasteiger partial charge in [0.2, 0.25) is 5.91 Å². The molecule has 0 atom stereocenters. The molecule has 0 spiro atoms. The van der Waals surface area contributed by atoms with Gasteiger partial charge in [0, 0.05) is 30.9 Å². The Morgan fingerprint density at radius 2 is 1.89 bits per heavy atom. The number of likely N-dealkylation sites (N-methyl/N-ethyl adjacent to an activating group) is 1. The summed E-state index contributed by atoms with van der Waals surface area (Å²) < 4.78 is 12.4. The highest BCUT2D eigenvalue weighted by Gasteiger charge is 2.15. The van der Waals surface area contributed by atoms with Crippen molar-refractivity contribution >= 4 is 5.91 Å². The topological polar surface area (TPSA) is 56.6 Å². The van der Waals surface area contributed by atoms with Crippen LogP contribution in [0.25, 0.3) is 5.69 Å². The lowest BCUT2D eigenvalue weighted by Gasteiger charge is -2.17. The first kappa shape index (κ1) is 18.5. The van der Waals surface area contributed by atoms with E-state index in [0.717, 1.165) is 16.8 Å². The summed E-state index contributed by atoms with van der Waals surface area (Å²) >= 11 is 0. The van der Waals surface area contributed by atoms with Crippen molar-refractivity contribution in [1.29, 1.82) is 0 Å². The van der Waals surface area contributed by atoms with Crippen LogP contribution in [0.1, 0.15) is 11.1 Å². The van der Waals surface area contributed by atoms with Crippen molar-refractivity contribution in [1.82, 2.24) is 14.7 Å². The van der Waals surface area contributed by atoms with E-state index in [1.165, 1.54) is 0 Å². The standard InChI is InChI=1S/C21H23N3O3/c1-23(14-16-13-22-24(15-16)18-7-5-4-6-8-18)21(25)12-17-11-19(26-2)9-10-20(17)27-3/h4-11,13,15H,12,14H2,1-3H3. The number of para-hydroxylation sites is 1. The Bertz CT molecular complexity index is 906. The number of carbonyl (C=O) groups is 1. The second kappa shape index (κ2) is 8.40. The van der Waals surface area contributed by atoms with Crippen LogP contribution in [0, 0.1) is 0 Å². The summed E-state index contributed by atoms with van der Waals surface area (Å²) in [6, 6.07) is 15.3. The lowest BCUT2D eigenvalue weighted by molar-refractivity contribution is -0.129. The third kappa shape index (κ3) is 4.47. The Hall–Kier alpha value is -3.28. The number of ether oxygens (including phenoxy) is 2. The molecule has 140 valence electrons. The molecule has 6 heteroatoms. The van der Waals surface area contributed by atoms with E-state index in [-0.39, 0.29) is 12.3 Å². The molecule has 2 aromatic carbocycles. The largest absolute Gasteiger partial charge is 0.497 e. The van der Waals surface area contributed by atoms with E-state index in [1.54, 1.807) is 37.0 Å². The number of benzene rings is 2. The van der Waals surface area contributed by atoms with E-state index < -0.39 is 0 Å². The van der Waals surface area contributed by atoms with Gasteiger partial charge >= 0.3 is 0 Å². The van der Waals surface area contributed by atoms with Gasteiger partial charge in [-0.3, -0.25) is 4.79 Å². The minimum Gasteiger partial charge on any atom is -0.497 e. The van der Waals surface area contributed by atoms with Crippen LogP contribution in [0.5, 0.6) is 11.5 Å². The molecule has 1 amide bonds. The van der Waals surface area contributed by atoms with Gasteiger partial charge < -0.3 is 14.4 Å². The Morgan fingerprint density at radius 3 is 2.59 bits per heavy atom. The second-order valence-corrected chi connectivity index (χ2v) is 6.23. The monoisotopic (exact) mass is 365 g/mol. The zero-order valence-corrected chi connectivity index (χ0v) is 15.8. The zero-order chi connectivity index (χ0) is 19.2. The van der Waals surface area contributed by atoms with Gasteiger partial charge in [0.15, 0.2) is 0 Å². The molecule has 1 heterocycles. The SMILES string of the molecule is COc1ccc(OC)c(CC(=O)N(C)Cc2cnn(-c3ccccc3)c2)c1. The van der Waals surface area contributed by atoms with Gasteiger partial charge in [-0.1, -0.05) is 18.2 Å². The van der Waals surface area contributed by atoms with Crippen LogP contribution in [0.2, 0.25) is 0 Å². The molecule has 3 rings (SSSR count). The minimum absolute atomic E-state index is 0.00554. The lowest BCUT2D eigenvalue weighted by Crippen LogP contribution is -2.27. The van der Waals surface area contributed by atoms with Gasteiger partial charge in [-0.15, -0.1) is 0 Å². The number of rotatable bonds is 7. The van der Waals surface area contributed by atoms with Gasteiger partial charge in [-0.2, -0.15) is 5.10 Å². The van der Waals surface area contributed by atoms with Crippen LogP contribution in [0.4, 0.5) is 0 Å². The highest BCUT2D eigenvalue weighted by molar-refractivity contribution is 5.79. The summed E-state index contributed by atoms with van der Waals surface area (Å²) in [6.07, 6.45) is 3.96. The summed E-state index contributed by atoms with van der Waals surface area (Å²) in [4.78, 5) is 14.3. The highest BCUT2D eigenvalue weighted by atomic mass is 16.5. The first-order valence-corrected chi connectivity index (χ1v) is 8.64. The van der Waals surface area contributed by atoms with E-state index in [4.69, 9.17) is 9.47 Å². The van der Waals surface area contributed by atoms with Crippen molar-refractivity contribution in [3.05, 3.63) is 72.1 Å². The Kier molecular flexibility index (Phi) is 5.76. The van der Waals surface area contributed by atoms with Crippen molar-refractivity contribution < 1.29 is 14.3 Å². The fraction of sp³-hybridized carbons (Fsp3) is 0.238. The molecule has 6 nitrogen and oxygen atoms in total.